The van der Waals surface area contributed by atoms with Gasteiger partial charge in [-0.1, -0.05) is 0 Å². The molecule has 2 N–H and O–H groups in total. The van der Waals surface area contributed by atoms with Gasteiger partial charge in [-0.05, 0) is 32.9 Å². The highest BCUT2D eigenvalue weighted by Gasteiger charge is 2.15. The van der Waals surface area contributed by atoms with Gasteiger partial charge < -0.3 is 15.2 Å². The Morgan fingerprint density at radius 3 is 2.73 bits per heavy atom. The number of rotatable bonds is 3. The minimum absolute atomic E-state index is 0.00176. The fourth-order valence-electron chi connectivity index (χ4n) is 1.30. The summed E-state index contributed by atoms with van der Waals surface area (Å²) in [7, 11) is 0. The van der Waals surface area contributed by atoms with Crippen LogP contribution in [0.4, 0.5) is 0 Å². The number of hydrogen-bond donors (Lipinski definition) is 2. The number of nitrogens with one attached hydrogen (secondary N) is 1. The molecular formula is C8H17NO2. The third kappa shape index (κ3) is 3.18. The summed E-state index contributed by atoms with van der Waals surface area (Å²) in [6.45, 7) is 4.12. The van der Waals surface area contributed by atoms with Crippen molar-refractivity contribution in [3.8, 4) is 0 Å². The lowest BCUT2D eigenvalue weighted by Gasteiger charge is -2.25. The van der Waals surface area contributed by atoms with Crippen LogP contribution in [0, 0.1) is 0 Å². The lowest BCUT2D eigenvalue weighted by atomic mass is 10.1. The average molecular weight is 159 g/mol. The van der Waals surface area contributed by atoms with Crippen molar-refractivity contribution >= 4 is 0 Å². The molecular weight excluding hydrogens is 142 g/mol. The Kier molecular flexibility index (Phi) is 3.83. The van der Waals surface area contributed by atoms with Crippen molar-refractivity contribution < 1.29 is 9.84 Å². The summed E-state index contributed by atoms with van der Waals surface area (Å²) < 4.78 is 5.55. The summed E-state index contributed by atoms with van der Waals surface area (Å²) in [6, 6.07) is 0. The van der Waals surface area contributed by atoms with E-state index in [4.69, 9.17) is 9.84 Å². The maximum Gasteiger partial charge on any atom is 0.0781 e. The summed E-state index contributed by atoms with van der Waals surface area (Å²) in [5.41, 5.74) is 0. The van der Waals surface area contributed by atoms with Crippen LogP contribution in [-0.4, -0.2) is 37.0 Å². The topological polar surface area (TPSA) is 41.5 Å². The first-order valence-electron chi connectivity index (χ1n) is 4.30. The van der Waals surface area contributed by atoms with E-state index in [0.29, 0.717) is 6.10 Å². The Hall–Kier alpha value is -0.120. The maximum atomic E-state index is 8.72. The van der Waals surface area contributed by atoms with Gasteiger partial charge in [-0.3, -0.25) is 0 Å². The van der Waals surface area contributed by atoms with E-state index in [-0.39, 0.29) is 12.7 Å². The molecule has 0 amide bonds. The van der Waals surface area contributed by atoms with Crippen molar-refractivity contribution in [2.45, 2.75) is 32.0 Å². The molecule has 0 aromatic carbocycles. The maximum absolute atomic E-state index is 8.72. The minimum atomic E-state index is -0.00176. The van der Waals surface area contributed by atoms with E-state index in [1.807, 2.05) is 6.92 Å². The van der Waals surface area contributed by atoms with Crippen LogP contribution in [0.2, 0.25) is 0 Å². The minimum Gasteiger partial charge on any atom is -0.394 e. The molecule has 66 valence electrons. The van der Waals surface area contributed by atoms with Gasteiger partial charge in [0, 0.05) is 0 Å². The summed E-state index contributed by atoms with van der Waals surface area (Å²) in [6.07, 6.45) is 2.51. The zero-order valence-corrected chi connectivity index (χ0v) is 7.05. The van der Waals surface area contributed by atoms with Crippen molar-refractivity contribution in [3.05, 3.63) is 0 Å². The summed E-state index contributed by atoms with van der Waals surface area (Å²) in [5.74, 6) is 0. The van der Waals surface area contributed by atoms with Gasteiger partial charge in [-0.25, -0.2) is 0 Å². The Labute approximate surface area is 67.7 Å². The van der Waals surface area contributed by atoms with Gasteiger partial charge in [0.2, 0.25) is 0 Å². The zero-order chi connectivity index (χ0) is 8.10. The van der Waals surface area contributed by atoms with Crippen molar-refractivity contribution in [1.29, 1.82) is 0 Å². The molecule has 1 rings (SSSR count). The summed E-state index contributed by atoms with van der Waals surface area (Å²) >= 11 is 0. The molecule has 3 nitrogen and oxygen atoms in total. The van der Waals surface area contributed by atoms with Gasteiger partial charge in [0.25, 0.3) is 0 Å². The molecule has 1 saturated heterocycles. The van der Waals surface area contributed by atoms with Gasteiger partial charge >= 0.3 is 0 Å². The molecule has 1 fully saturated rings. The van der Waals surface area contributed by atoms with Crippen molar-refractivity contribution in [1.82, 2.24) is 5.32 Å². The molecule has 1 atom stereocenters. The summed E-state index contributed by atoms with van der Waals surface area (Å²) in [4.78, 5) is 0. The van der Waals surface area contributed by atoms with Gasteiger partial charge in [-0.15, -0.1) is 0 Å². The quantitative estimate of drug-likeness (QED) is 0.615. The van der Waals surface area contributed by atoms with Crippen LogP contribution in [-0.2, 0) is 4.74 Å². The van der Waals surface area contributed by atoms with Gasteiger partial charge in [0.05, 0.1) is 18.8 Å². The predicted molar refractivity (Wildman–Crippen MR) is 43.5 cm³/mol. The Morgan fingerprint density at radius 1 is 1.55 bits per heavy atom. The zero-order valence-electron chi connectivity index (χ0n) is 7.05. The number of hydrogen-bond acceptors (Lipinski definition) is 3. The van der Waals surface area contributed by atoms with E-state index in [1.54, 1.807) is 0 Å². The van der Waals surface area contributed by atoms with E-state index in [1.165, 1.54) is 0 Å². The molecule has 0 aromatic rings. The van der Waals surface area contributed by atoms with E-state index < -0.39 is 0 Å². The molecule has 1 heterocycles. The van der Waals surface area contributed by atoms with Crippen LogP contribution >= 0.6 is 0 Å². The average Bonchev–Trinajstić information content (AvgIpc) is 2.06. The number of aliphatic hydroxyl groups excluding tert-OH is 1. The molecule has 1 unspecified atom stereocenters. The van der Waals surface area contributed by atoms with E-state index in [9.17, 15) is 0 Å². The van der Waals surface area contributed by atoms with Crippen LogP contribution in [0.25, 0.3) is 0 Å². The molecule has 0 radical (unpaired) electrons. The van der Waals surface area contributed by atoms with Gasteiger partial charge in [0.15, 0.2) is 0 Å². The van der Waals surface area contributed by atoms with Crippen LogP contribution in [0.1, 0.15) is 19.8 Å². The first-order chi connectivity index (χ1) is 5.33. The molecule has 1 aliphatic heterocycles. The third-order valence-electron chi connectivity index (χ3n) is 1.97. The second-order valence-corrected chi connectivity index (χ2v) is 3.08. The molecule has 0 saturated carbocycles. The first-order valence-corrected chi connectivity index (χ1v) is 4.30. The largest absolute Gasteiger partial charge is 0.394 e. The SMILES string of the molecule is CC(CO)OC1CCNCC1. The fraction of sp³-hybridized carbons (Fsp3) is 1.00. The van der Waals surface area contributed by atoms with Crippen LogP contribution in [0.15, 0.2) is 0 Å². The fourth-order valence-corrected chi connectivity index (χ4v) is 1.30. The highest BCUT2D eigenvalue weighted by atomic mass is 16.5. The van der Waals surface area contributed by atoms with Crippen LogP contribution in [0.5, 0.6) is 0 Å². The van der Waals surface area contributed by atoms with Crippen molar-refractivity contribution in [2.24, 2.45) is 0 Å². The van der Waals surface area contributed by atoms with E-state index in [2.05, 4.69) is 5.32 Å². The second-order valence-electron chi connectivity index (χ2n) is 3.08. The standard InChI is InChI=1S/C8H17NO2/c1-7(6-10)11-8-2-4-9-5-3-8/h7-10H,2-6H2,1H3. The summed E-state index contributed by atoms with van der Waals surface area (Å²) in [5, 5.41) is 12.0. The van der Waals surface area contributed by atoms with E-state index in [0.717, 1.165) is 25.9 Å². The Morgan fingerprint density at radius 2 is 2.18 bits per heavy atom. The monoisotopic (exact) mass is 159 g/mol. The smallest absolute Gasteiger partial charge is 0.0781 e. The highest BCUT2D eigenvalue weighted by Crippen LogP contribution is 2.09. The van der Waals surface area contributed by atoms with Crippen LogP contribution in [0.3, 0.4) is 0 Å². The molecule has 11 heavy (non-hydrogen) atoms. The van der Waals surface area contributed by atoms with Crippen LogP contribution < -0.4 is 5.32 Å². The number of aliphatic hydroxyl groups is 1. The van der Waals surface area contributed by atoms with E-state index >= 15 is 0 Å². The normalized spacial score (nSPS) is 23.5. The Bertz CT molecular complexity index is 102. The molecule has 0 bridgehead atoms. The third-order valence-corrected chi connectivity index (χ3v) is 1.97. The van der Waals surface area contributed by atoms with Crippen molar-refractivity contribution in [3.63, 3.8) is 0 Å². The van der Waals surface area contributed by atoms with Crippen molar-refractivity contribution in [2.75, 3.05) is 19.7 Å². The first kappa shape index (κ1) is 8.97. The predicted octanol–water partition coefficient (Wildman–Crippen LogP) is 0.136. The molecule has 3 heteroatoms. The second kappa shape index (κ2) is 4.70. The number of piperidine rings is 1. The highest BCUT2D eigenvalue weighted by molar-refractivity contribution is 4.69. The lowest BCUT2D eigenvalue weighted by Crippen LogP contribution is -2.34. The van der Waals surface area contributed by atoms with Gasteiger partial charge in [-0.2, -0.15) is 0 Å². The number of ether oxygens (including phenoxy) is 1. The molecule has 0 spiro atoms. The molecule has 1 aliphatic rings. The lowest BCUT2D eigenvalue weighted by molar-refractivity contribution is -0.0407. The molecule has 0 aliphatic carbocycles. The molecule has 0 aromatic heterocycles. The Balaban J connectivity index is 2.13. The van der Waals surface area contributed by atoms with Gasteiger partial charge in [0.1, 0.15) is 0 Å².